The fraction of sp³-hybridized carbons (Fsp3) is 0.895. The summed E-state index contributed by atoms with van der Waals surface area (Å²) in [5.74, 6) is 6.64. The van der Waals surface area contributed by atoms with Crippen LogP contribution in [0.1, 0.15) is 156 Å². The highest BCUT2D eigenvalue weighted by molar-refractivity contribution is 5.33. The van der Waals surface area contributed by atoms with Crippen LogP contribution >= 0.6 is 0 Å². The fourth-order valence-corrected chi connectivity index (χ4v) is 9.77. The number of ether oxygens (including phenoxy) is 1. The second kappa shape index (κ2) is 16.9. The highest BCUT2D eigenvalue weighted by atomic mass is 19.1. The molecule has 0 amide bonds. The third kappa shape index (κ3) is 8.94. The molecule has 0 spiro atoms. The lowest BCUT2D eigenvalue weighted by Crippen LogP contribution is -2.30. The molecule has 3 saturated carbocycles. The highest BCUT2D eigenvalue weighted by Crippen LogP contribution is 2.49. The maximum atomic E-state index is 15.6. The molecule has 230 valence electrons. The smallest absolute Gasteiger partial charge is 0.122 e. The first-order valence-corrected chi connectivity index (χ1v) is 18.1. The van der Waals surface area contributed by atoms with Crippen LogP contribution in [0.2, 0.25) is 0 Å². The van der Waals surface area contributed by atoms with Gasteiger partial charge in [0.2, 0.25) is 0 Å². The van der Waals surface area contributed by atoms with Crippen molar-refractivity contribution in [3.05, 3.63) is 23.0 Å². The molecule has 0 radical (unpaired) electrons. The highest BCUT2D eigenvalue weighted by Gasteiger charge is 2.36. The Morgan fingerprint density at radius 1 is 0.750 bits per heavy atom. The second-order valence-electron chi connectivity index (χ2n) is 14.8. The molecule has 0 saturated heterocycles. The van der Waals surface area contributed by atoms with Gasteiger partial charge >= 0.3 is 0 Å². The molecular formula is C38H65FO. The molecule has 0 aromatic heterocycles. The van der Waals surface area contributed by atoms with Crippen LogP contribution in [0.3, 0.4) is 0 Å². The third-order valence-corrected chi connectivity index (χ3v) is 12.2. The summed E-state index contributed by atoms with van der Waals surface area (Å²) in [7, 11) is 1.78. The molecule has 0 N–H and O–H groups in total. The predicted molar refractivity (Wildman–Crippen MR) is 170 cm³/mol. The van der Waals surface area contributed by atoms with Gasteiger partial charge in [-0.2, -0.15) is 0 Å². The molecule has 4 aliphatic rings. The number of halogens is 1. The van der Waals surface area contributed by atoms with E-state index in [1.54, 1.807) is 7.11 Å². The standard InChI is InChI=1S/C38H65FO/c1-5-7-8-11-29-13-15-30(16-14-29)31-17-19-32(20-18-31)33-21-23-35(24-22-33)37-26-28(3)36(27-38(37)39)34(10-6-2)12-9-25-40-4/h27-35H,5-26H2,1-4H3/t28-,29?,30?,31?,32?,33?,34?,35?/m1/s1. The van der Waals surface area contributed by atoms with E-state index in [4.69, 9.17) is 4.74 Å². The Balaban J connectivity index is 1.21. The van der Waals surface area contributed by atoms with Gasteiger partial charge in [-0.3, -0.25) is 0 Å². The number of hydrogen-bond donors (Lipinski definition) is 0. The first kappa shape index (κ1) is 32.3. The summed E-state index contributed by atoms with van der Waals surface area (Å²) in [5, 5.41) is 0. The summed E-state index contributed by atoms with van der Waals surface area (Å²) in [5.41, 5.74) is 2.56. The van der Waals surface area contributed by atoms with E-state index in [2.05, 4.69) is 20.8 Å². The molecule has 1 nitrogen and oxygen atoms in total. The van der Waals surface area contributed by atoms with Crippen LogP contribution in [-0.2, 0) is 4.74 Å². The Kier molecular flexibility index (Phi) is 13.6. The molecule has 0 aromatic rings. The van der Waals surface area contributed by atoms with Crippen LogP contribution in [-0.4, -0.2) is 13.7 Å². The first-order valence-electron chi connectivity index (χ1n) is 18.1. The number of hydrogen-bond acceptors (Lipinski definition) is 1. The minimum absolute atomic E-state index is 0.144. The maximum Gasteiger partial charge on any atom is 0.122 e. The zero-order valence-electron chi connectivity index (χ0n) is 27.0. The van der Waals surface area contributed by atoms with E-state index in [1.807, 2.05) is 6.08 Å². The van der Waals surface area contributed by atoms with Crippen molar-refractivity contribution in [3.8, 4) is 0 Å². The molecular weight excluding hydrogens is 491 g/mol. The quantitative estimate of drug-likeness (QED) is 0.193. The fourth-order valence-electron chi connectivity index (χ4n) is 9.77. The minimum atomic E-state index is 0.144. The van der Waals surface area contributed by atoms with Crippen molar-refractivity contribution in [1.82, 2.24) is 0 Å². The Hall–Kier alpha value is -0.630. The lowest BCUT2D eigenvalue weighted by Gasteiger charge is -2.42. The predicted octanol–water partition coefficient (Wildman–Crippen LogP) is 12.0. The van der Waals surface area contributed by atoms with Crippen molar-refractivity contribution in [2.75, 3.05) is 13.7 Å². The SMILES string of the molecule is CCCCCC1CCC(C2CCC(C3CCC(C4=C(F)C=C(C(CCC)CCCOC)[C@H](C)C4)CC3)CC2)CC1. The maximum absolute atomic E-state index is 15.6. The molecule has 2 heteroatoms. The zero-order valence-corrected chi connectivity index (χ0v) is 27.0. The van der Waals surface area contributed by atoms with Crippen LogP contribution < -0.4 is 0 Å². The number of allylic oxidation sites excluding steroid dienone is 4. The zero-order chi connectivity index (χ0) is 28.3. The van der Waals surface area contributed by atoms with Gasteiger partial charge in [0.05, 0.1) is 0 Å². The number of unbranched alkanes of at least 4 members (excludes halogenated alkanes) is 2. The van der Waals surface area contributed by atoms with Gasteiger partial charge < -0.3 is 4.74 Å². The van der Waals surface area contributed by atoms with Crippen molar-refractivity contribution in [1.29, 1.82) is 0 Å². The molecule has 40 heavy (non-hydrogen) atoms. The van der Waals surface area contributed by atoms with Crippen LogP contribution in [0.25, 0.3) is 0 Å². The lowest BCUT2D eigenvalue weighted by molar-refractivity contribution is 0.105. The van der Waals surface area contributed by atoms with Gasteiger partial charge in [0.1, 0.15) is 5.83 Å². The molecule has 0 bridgehead atoms. The number of methoxy groups -OCH3 is 1. The second-order valence-corrected chi connectivity index (χ2v) is 14.8. The molecule has 1 unspecified atom stereocenters. The average Bonchev–Trinajstić information content (AvgIpc) is 2.98. The van der Waals surface area contributed by atoms with E-state index >= 15 is 4.39 Å². The summed E-state index contributed by atoms with van der Waals surface area (Å²) in [4.78, 5) is 0. The Bertz CT molecular complexity index is 773. The monoisotopic (exact) mass is 557 g/mol. The Morgan fingerprint density at radius 3 is 1.88 bits per heavy atom. The van der Waals surface area contributed by atoms with E-state index in [1.165, 1.54) is 127 Å². The van der Waals surface area contributed by atoms with Crippen molar-refractivity contribution in [2.45, 2.75) is 156 Å². The van der Waals surface area contributed by atoms with E-state index in [-0.39, 0.29) is 5.83 Å². The van der Waals surface area contributed by atoms with Gasteiger partial charge in [0.25, 0.3) is 0 Å². The van der Waals surface area contributed by atoms with Crippen molar-refractivity contribution in [2.24, 2.45) is 47.3 Å². The van der Waals surface area contributed by atoms with E-state index in [0.717, 1.165) is 55.5 Å². The molecule has 0 aliphatic heterocycles. The molecule has 2 atom stereocenters. The van der Waals surface area contributed by atoms with Gasteiger partial charge in [-0.1, -0.05) is 71.3 Å². The Morgan fingerprint density at radius 2 is 1.32 bits per heavy atom. The van der Waals surface area contributed by atoms with E-state index in [0.29, 0.717) is 17.8 Å². The van der Waals surface area contributed by atoms with Gasteiger partial charge in [-0.25, -0.2) is 4.39 Å². The van der Waals surface area contributed by atoms with E-state index < -0.39 is 0 Å². The molecule has 0 heterocycles. The lowest BCUT2D eigenvalue weighted by atomic mass is 9.64. The number of rotatable bonds is 14. The van der Waals surface area contributed by atoms with Crippen LogP contribution in [0, 0.1) is 47.3 Å². The minimum Gasteiger partial charge on any atom is -0.385 e. The van der Waals surface area contributed by atoms with Gasteiger partial charge in [0.15, 0.2) is 0 Å². The van der Waals surface area contributed by atoms with Gasteiger partial charge in [0, 0.05) is 13.7 Å². The van der Waals surface area contributed by atoms with Crippen molar-refractivity contribution >= 4 is 0 Å². The molecule has 3 fully saturated rings. The van der Waals surface area contributed by atoms with Gasteiger partial charge in [-0.15, -0.1) is 0 Å². The normalized spacial score (nSPS) is 34.5. The summed E-state index contributed by atoms with van der Waals surface area (Å²) in [6.45, 7) is 7.77. The summed E-state index contributed by atoms with van der Waals surface area (Å²) >= 11 is 0. The first-order chi connectivity index (χ1) is 19.5. The molecule has 0 aromatic carbocycles. The summed E-state index contributed by atoms with van der Waals surface area (Å²) in [6.07, 6.45) is 30.5. The third-order valence-electron chi connectivity index (χ3n) is 12.2. The average molecular weight is 557 g/mol. The Labute approximate surface area is 248 Å². The summed E-state index contributed by atoms with van der Waals surface area (Å²) in [6, 6.07) is 0. The van der Waals surface area contributed by atoms with E-state index in [9.17, 15) is 0 Å². The van der Waals surface area contributed by atoms with Crippen LogP contribution in [0.4, 0.5) is 4.39 Å². The topological polar surface area (TPSA) is 9.23 Å². The van der Waals surface area contributed by atoms with Crippen molar-refractivity contribution < 1.29 is 9.13 Å². The van der Waals surface area contributed by atoms with Crippen LogP contribution in [0.15, 0.2) is 23.0 Å². The largest absolute Gasteiger partial charge is 0.385 e. The van der Waals surface area contributed by atoms with Gasteiger partial charge in [-0.05, 0) is 149 Å². The molecule has 4 rings (SSSR count). The molecule has 4 aliphatic carbocycles. The van der Waals surface area contributed by atoms with Crippen molar-refractivity contribution in [3.63, 3.8) is 0 Å². The van der Waals surface area contributed by atoms with Crippen LogP contribution in [0.5, 0.6) is 0 Å². The summed E-state index contributed by atoms with van der Waals surface area (Å²) < 4.78 is 20.9.